The van der Waals surface area contributed by atoms with Crippen molar-refractivity contribution in [3.05, 3.63) is 29.8 Å². The van der Waals surface area contributed by atoms with Crippen LogP contribution in [0.1, 0.15) is 31.2 Å². The van der Waals surface area contributed by atoms with Crippen molar-refractivity contribution < 1.29 is 9.90 Å². The average molecular weight is 246 g/mol. The molecule has 6 heteroatoms. The fourth-order valence-corrected chi connectivity index (χ4v) is 2.42. The molecule has 1 aromatic carbocycles. The molecule has 0 aliphatic heterocycles. The van der Waals surface area contributed by atoms with Crippen molar-refractivity contribution in [1.82, 2.24) is 10.2 Å². The zero-order chi connectivity index (χ0) is 13.2. The van der Waals surface area contributed by atoms with Gasteiger partial charge in [-0.05, 0) is 30.5 Å². The van der Waals surface area contributed by atoms with E-state index in [1.165, 1.54) is 0 Å². The normalized spacial score (nSPS) is 25.1. The minimum absolute atomic E-state index is 0.140. The van der Waals surface area contributed by atoms with Gasteiger partial charge in [-0.1, -0.05) is 19.1 Å². The van der Waals surface area contributed by atoms with Gasteiger partial charge in [0.25, 0.3) is 0 Å². The Labute approximate surface area is 104 Å². The van der Waals surface area contributed by atoms with E-state index in [0.717, 1.165) is 18.4 Å². The Morgan fingerprint density at radius 2 is 2.50 bits per heavy atom. The molecule has 0 spiro atoms. The predicted molar refractivity (Wildman–Crippen MR) is 62.3 cm³/mol. The summed E-state index contributed by atoms with van der Waals surface area (Å²) in [7, 11) is 0. The van der Waals surface area contributed by atoms with Crippen LogP contribution in [0.25, 0.3) is 0 Å². The van der Waals surface area contributed by atoms with Crippen molar-refractivity contribution in [2.75, 3.05) is 0 Å². The third kappa shape index (κ3) is 2.24. The molecular weight excluding hydrogens is 232 g/mol. The van der Waals surface area contributed by atoms with Gasteiger partial charge in [0.05, 0.1) is 0 Å². The molecule has 2 rings (SSSR count). The standard InChI is InChI=1S/C12H14N4O2/c1-2-12(14-11(17)18)7-10(12)8-4-3-5-9(6-8)15-16-13/h3-6,10,13-14H,2,7H2,1H3. The van der Waals surface area contributed by atoms with E-state index in [9.17, 15) is 9.90 Å². The largest absolute Gasteiger partial charge is 0.530 e. The van der Waals surface area contributed by atoms with Gasteiger partial charge in [0.2, 0.25) is 4.91 Å². The van der Waals surface area contributed by atoms with Crippen LogP contribution in [0, 0.1) is 5.53 Å². The molecule has 0 heterocycles. The maximum absolute atomic E-state index is 10.7. The molecule has 0 aromatic heterocycles. The first-order valence-corrected chi connectivity index (χ1v) is 5.78. The topological polar surface area (TPSA) is 102 Å². The van der Waals surface area contributed by atoms with E-state index >= 15 is 0 Å². The highest BCUT2D eigenvalue weighted by Crippen LogP contribution is 2.53. The highest BCUT2D eigenvalue weighted by atomic mass is 16.4. The molecule has 94 valence electrons. The third-order valence-corrected chi connectivity index (χ3v) is 3.50. The molecule has 0 bridgehead atoms. The number of hydrogen-bond donors (Lipinski definition) is 2. The van der Waals surface area contributed by atoms with Crippen LogP contribution >= 0.6 is 0 Å². The number of benzene rings is 1. The van der Waals surface area contributed by atoms with Crippen LogP contribution in [-0.4, -0.2) is 11.6 Å². The Bertz CT molecular complexity index is 525. The van der Waals surface area contributed by atoms with E-state index in [2.05, 4.69) is 15.3 Å². The van der Waals surface area contributed by atoms with E-state index in [1.807, 2.05) is 25.1 Å². The van der Waals surface area contributed by atoms with Crippen LogP contribution in [0.15, 0.2) is 29.4 Å². The summed E-state index contributed by atoms with van der Waals surface area (Å²) in [6, 6.07) is 7.35. The van der Waals surface area contributed by atoms with Gasteiger partial charge in [-0.3, -0.25) is 0 Å². The summed E-state index contributed by atoms with van der Waals surface area (Å²) in [5.74, 6) is 0.140. The van der Waals surface area contributed by atoms with Crippen LogP contribution in [0.5, 0.6) is 0 Å². The van der Waals surface area contributed by atoms with Crippen LogP contribution in [0.3, 0.4) is 0 Å². The minimum atomic E-state index is -1.23. The summed E-state index contributed by atoms with van der Waals surface area (Å²) in [5.41, 5.74) is 7.91. The Kier molecular flexibility index (Phi) is 3.12. The van der Waals surface area contributed by atoms with Crippen molar-refractivity contribution in [2.45, 2.75) is 31.2 Å². The maximum atomic E-state index is 10.7. The first kappa shape index (κ1) is 12.3. The van der Waals surface area contributed by atoms with Gasteiger partial charge in [-0.25, -0.2) is 0 Å². The molecule has 0 saturated heterocycles. The lowest BCUT2D eigenvalue weighted by Crippen LogP contribution is -2.45. The molecule has 1 saturated carbocycles. The van der Waals surface area contributed by atoms with Gasteiger partial charge in [-0.15, -0.1) is 0 Å². The van der Waals surface area contributed by atoms with Gasteiger partial charge < -0.3 is 15.2 Å². The second kappa shape index (κ2) is 4.58. The maximum Gasteiger partial charge on any atom is 0.220 e. The fourth-order valence-electron chi connectivity index (χ4n) is 2.42. The number of carbonyl (C=O) groups excluding carboxylic acids is 1. The lowest BCUT2D eigenvalue weighted by atomic mass is 10.0. The molecular formula is C12H14N4O2. The Morgan fingerprint density at radius 1 is 1.72 bits per heavy atom. The quantitative estimate of drug-likeness (QED) is 0.620. The molecule has 1 aliphatic rings. The van der Waals surface area contributed by atoms with Crippen molar-refractivity contribution in [3.63, 3.8) is 0 Å². The number of carbonyl (C=O) groups is 1. The smallest absolute Gasteiger partial charge is 0.220 e. The Balaban J connectivity index is 2.21. The fraction of sp³-hybridized carbons (Fsp3) is 0.417. The number of carboxylic acid groups (broad SMARTS) is 1. The van der Waals surface area contributed by atoms with Crippen LogP contribution in [-0.2, 0) is 0 Å². The number of rotatable bonds is 4. The van der Waals surface area contributed by atoms with Gasteiger partial charge >= 0.3 is 0 Å². The van der Waals surface area contributed by atoms with E-state index in [-0.39, 0.29) is 5.92 Å². The molecule has 1 aliphatic carbocycles. The van der Waals surface area contributed by atoms with Gasteiger partial charge in [-0.2, -0.15) is 0 Å². The summed E-state index contributed by atoms with van der Waals surface area (Å²) in [5, 5.41) is 16.8. The summed E-state index contributed by atoms with van der Waals surface area (Å²) in [6.07, 6.45) is 0.246. The number of nitrogens with one attached hydrogen (secondary N) is 2. The zero-order valence-corrected chi connectivity index (χ0v) is 10.0. The predicted octanol–water partition coefficient (Wildman–Crippen LogP) is 1.44. The second-order valence-corrected chi connectivity index (χ2v) is 4.47. The first-order valence-electron chi connectivity index (χ1n) is 5.78. The molecule has 1 fully saturated rings. The molecule has 2 atom stereocenters. The van der Waals surface area contributed by atoms with Gasteiger partial charge in [0.1, 0.15) is 11.6 Å². The highest BCUT2D eigenvalue weighted by Gasteiger charge is 2.53. The van der Waals surface area contributed by atoms with E-state index in [4.69, 9.17) is 5.53 Å². The number of nitrogens with zero attached hydrogens (tertiary/aromatic N) is 2. The van der Waals surface area contributed by atoms with Crippen LogP contribution in [0.4, 0.5) is 10.5 Å². The van der Waals surface area contributed by atoms with Crippen molar-refractivity contribution >= 4 is 11.8 Å². The summed E-state index contributed by atoms with van der Waals surface area (Å²) in [4.78, 5) is 13.7. The monoisotopic (exact) mass is 246 g/mol. The molecule has 1 aromatic rings. The Morgan fingerprint density at radius 3 is 3.11 bits per heavy atom. The number of amides is 1. The van der Waals surface area contributed by atoms with Gasteiger partial charge in [0.15, 0.2) is 10.8 Å². The van der Waals surface area contributed by atoms with Gasteiger partial charge in [0, 0.05) is 11.5 Å². The van der Waals surface area contributed by atoms with E-state index < -0.39 is 11.6 Å². The molecule has 1 amide bonds. The first-order chi connectivity index (χ1) is 8.61. The molecule has 6 nitrogen and oxygen atoms in total. The number of hydrogen-bond acceptors (Lipinski definition) is 4. The van der Waals surface area contributed by atoms with Crippen molar-refractivity contribution in [3.8, 4) is 0 Å². The van der Waals surface area contributed by atoms with Crippen LogP contribution < -0.4 is 15.3 Å². The lowest BCUT2D eigenvalue weighted by Gasteiger charge is -2.19. The zero-order valence-electron chi connectivity index (χ0n) is 10.0. The molecule has 2 unspecified atom stereocenters. The van der Waals surface area contributed by atoms with Crippen molar-refractivity contribution in [2.24, 2.45) is 5.11 Å². The molecule has 2 N–H and O–H groups in total. The van der Waals surface area contributed by atoms with Crippen LogP contribution in [0.2, 0.25) is 0 Å². The molecule has 18 heavy (non-hydrogen) atoms. The molecule has 0 radical (unpaired) electrons. The van der Waals surface area contributed by atoms with Crippen molar-refractivity contribution in [1.29, 1.82) is 5.53 Å². The average Bonchev–Trinajstić information content (AvgIpc) is 3.04. The van der Waals surface area contributed by atoms with E-state index in [0.29, 0.717) is 5.69 Å². The summed E-state index contributed by atoms with van der Waals surface area (Å²) >= 11 is 0. The Hall–Kier alpha value is -2.20. The lowest BCUT2D eigenvalue weighted by molar-refractivity contribution is -0.252. The SMILES string of the molecule is CCC1(NC(=O)[O-])CC1c1cccc(N=[N+]=N)c1. The summed E-state index contributed by atoms with van der Waals surface area (Å²) < 4.78 is 0. The highest BCUT2D eigenvalue weighted by molar-refractivity contribution is 5.65. The van der Waals surface area contributed by atoms with E-state index in [1.54, 1.807) is 6.07 Å². The third-order valence-electron chi connectivity index (χ3n) is 3.50. The summed E-state index contributed by atoms with van der Waals surface area (Å²) in [6.45, 7) is 1.95. The minimum Gasteiger partial charge on any atom is -0.530 e. The second-order valence-electron chi connectivity index (χ2n) is 4.47.